The number of rotatable bonds is 3. The highest BCUT2D eigenvalue weighted by Crippen LogP contribution is 2.07. The summed E-state index contributed by atoms with van der Waals surface area (Å²) in [6.07, 6.45) is 3.99. The van der Waals surface area contributed by atoms with Crippen molar-refractivity contribution in [3.8, 4) is 0 Å². The zero-order valence-electron chi connectivity index (χ0n) is 6.36. The Kier molecular flexibility index (Phi) is 2.78. The second kappa shape index (κ2) is 4.07. The van der Waals surface area contributed by atoms with Gasteiger partial charge in [-0.15, -0.1) is 0 Å². The van der Waals surface area contributed by atoms with E-state index in [4.69, 9.17) is 11.1 Å². The van der Waals surface area contributed by atoms with Gasteiger partial charge in [-0.1, -0.05) is 0 Å². The van der Waals surface area contributed by atoms with Crippen LogP contribution in [0.15, 0.2) is 23.4 Å². The Morgan fingerprint density at radius 3 is 3.17 bits per heavy atom. The molecule has 0 unspecified atom stereocenters. The minimum absolute atomic E-state index is 0.435. The third-order valence-electron chi connectivity index (χ3n) is 1.12. The Morgan fingerprint density at radius 1 is 1.67 bits per heavy atom. The van der Waals surface area contributed by atoms with E-state index in [1.165, 1.54) is 6.21 Å². The fraction of sp³-hybridized carbons (Fsp3) is 0. The van der Waals surface area contributed by atoms with Crippen LogP contribution in [0, 0.1) is 5.41 Å². The van der Waals surface area contributed by atoms with E-state index in [0.717, 1.165) is 11.9 Å². The first-order valence-corrected chi connectivity index (χ1v) is 3.32. The molecule has 62 valence electrons. The normalized spacial score (nSPS) is 10.0. The Labute approximate surface area is 69.8 Å². The molecule has 1 aromatic rings. The lowest BCUT2D eigenvalue weighted by atomic mass is 10.4. The predicted octanol–water partition coefficient (Wildman–Crippen LogP) is 0.711. The van der Waals surface area contributed by atoms with Crippen LogP contribution in [-0.2, 0) is 0 Å². The number of nitrogens with zero attached hydrogens (tertiary/aromatic N) is 2. The van der Waals surface area contributed by atoms with Crippen molar-refractivity contribution in [2.24, 2.45) is 5.10 Å². The lowest BCUT2D eigenvalue weighted by Crippen LogP contribution is -1.93. The van der Waals surface area contributed by atoms with Crippen molar-refractivity contribution in [1.82, 2.24) is 4.98 Å². The van der Waals surface area contributed by atoms with E-state index in [2.05, 4.69) is 15.5 Å². The van der Waals surface area contributed by atoms with Gasteiger partial charge in [-0.25, -0.2) is 4.98 Å². The van der Waals surface area contributed by atoms with Crippen LogP contribution in [0.5, 0.6) is 0 Å². The van der Waals surface area contributed by atoms with Crippen molar-refractivity contribution in [2.45, 2.75) is 0 Å². The summed E-state index contributed by atoms with van der Waals surface area (Å²) < 4.78 is 0. The van der Waals surface area contributed by atoms with Gasteiger partial charge in [0.1, 0.15) is 5.82 Å². The minimum atomic E-state index is 0.435. The molecule has 0 amide bonds. The molecule has 0 saturated heterocycles. The number of anilines is 2. The molecule has 0 aliphatic carbocycles. The van der Waals surface area contributed by atoms with Gasteiger partial charge < -0.3 is 11.1 Å². The standard InChI is InChI=1S/C7H9N5/c8-2-4-11-12-6-1-3-10-7(9)5-6/h1-5,8H,(H3,9,10,12). The zero-order valence-corrected chi connectivity index (χ0v) is 6.36. The van der Waals surface area contributed by atoms with Crippen LogP contribution in [0.2, 0.25) is 0 Å². The first-order valence-electron chi connectivity index (χ1n) is 3.32. The first kappa shape index (κ1) is 8.19. The molecule has 0 spiro atoms. The Hall–Kier alpha value is -1.91. The molecule has 0 fully saturated rings. The predicted molar refractivity (Wildman–Crippen MR) is 49.5 cm³/mol. The van der Waals surface area contributed by atoms with Gasteiger partial charge in [-0.3, -0.25) is 5.43 Å². The van der Waals surface area contributed by atoms with E-state index in [1.54, 1.807) is 18.3 Å². The molecular weight excluding hydrogens is 154 g/mol. The Balaban J connectivity index is 2.63. The van der Waals surface area contributed by atoms with Crippen molar-refractivity contribution >= 4 is 23.9 Å². The molecule has 0 atom stereocenters. The van der Waals surface area contributed by atoms with Crippen molar-refractivity contribution in [2.75, 3.05) is 11.2 Å². The molecule has 0 aliphatic rings. The molecule has 0 aromatic carbocycles. The Morgan fingerprint density at radius 2 is 2.50 bits per heavy atom. The summed E-state index contributed by atoms with van der Waals surface area (Å²) in [4.78, 5) is 3.81. The van der Waals surface area contributed by atoms with Gasteiger partial charge in [0.25, 0.3) is 0 Å². The van der Waals surface area contributed by atoms with Gasteiger partial charge in [0.2, 0.25) is 0 Å². The van der Waals surface area contributed by atoms with Crippen LogP contribution >= 0.6 is 0 Å². The lowest BCUT2D eigenvalue weighted by Gasteiger charge is -1.98. The summed E-state index contributed by atoms with van der Waals surface area (Å²) in [6.45, 7) is 0. The molecule has 0 bridgehead atoms. The molecule has 12 heavy (non-hydrogen) atoms. The van der Waals surface area contributed by atoms with E-state index in [-0.39, 0.29) is 0 Å². The molecule has 0 aliphatic heterocycles. The van der Waals surface area contributed by atoms with E-state index in [0.29, 0.717) is 5.82 Å². The maximum absolute atomic E-state index is 6.66. The summed E-state index contributed by atoms with van der Waals surface area (Å²) in [5.41, 5.74) is 8.85. The maximum Gasteiger partial charge on any atom is 0.125 e. The van der Waals surface area contributed by atoms with E-state index >= 15 is 0 Å². The van der Waals surface area contributed by atoms with Crippen molar-refractivity contribution in [1.29, 1.82) is 5.41 Å². The van der Waals surface area contributed by atoms with Gasteiger partial charge in [0, 0.05) is 18.5 Å². The average Bonchev–Trinajstić information content (AvgIpc) is 2.05. The Bertz CT molecular complexity index is 294. The highest BCUT2D eigenvalue weighted by atomic mass is 15.3. The highest BCUT2D eigenvalue weighted by Gasteiger charge is 1.89. The van der Waals surface area contributed by atoms with Crippen molar-refractivity contribution in [3.63, 3.8) is 0 Å². The van der Waals surface area contributed by atoms with Crippen LogP contribution in [-0.4, -0.2) is 17.4 Å². The average molecular weight is 163 g/mol. The van der Waals surface area contributed by atoms with Gasteiger partial charge in [0.05, 0.1) is 11.9 Å². The monoisotopic (exact) mass is 163 g/mol. The van der Waals surface area contributed by atoms with Crippen molar-refractivity contribution in [3.05, 3.63) is 18.3 Å². The number of hydrogen-bond acceptors (Lipinski definition) is 5. The summed E-state index contributed by atoms with van der Waals surface area (Å²) in [5, 5.41) is 10.4. The zero-order chi connectivity index (χ0) is 8.81. The molecule has 5 heteroatoms. The number of hydrazone groups is 1. The fourth-order valence-corrected chi connectivity index (χ4v) is 0.667. The van der Waals surface area contributed by atoms with Gasteiger partial charge in [0.15, 0.2) is 0 Å². The van der Waals surface area contributed by atoms with E-state index in [1.807, 2.05) is 0 Å². The molecule has 1 rings (SSSR count). The SMILES string of the molecule is N=CC=NNc1ccnc(N)c1. The van der Waals surface area contributed by atoms with Crippen LogP contribution in [0.25, 0.3) is 0 Å². The number of nitrogens with one attached hydrogen (secondary N) is 2. The first-order chi connectivity index (χ1) is 5.83. The number of hydrogen-bond donors (Lipinski definition) is 3. The molecular formula is C7H9N5. The molecule has 0 radical (unpaired) electrons. The van der Waals surface area contributed by atoms with Gasteiger partial charge in [-0.2, -0.15) is 5.10 Å². The third-order valence-corrected chi connectivity index (χ3v) is 1.12. The van der Waals surface area contributed by atoms with E-state index < -0.39 is 0 Å². The molecule has 0 saturated carbocycles. The number of pyridine rings is 1. The minimum Gasteiger partial charge on any atom is -0.384 e. The van der Waals surface area contributed by atoms with Gasteiger partial charge in [-0.05, 0) is 6.07 Å². The smallest absolute Gasteiger partial charge is 0.125 e. The highest BCUT2D eigenvalue weighted by molar-refractivity contribution is 6.14. The molecule has 1 aromatic heterocycles. The summed E-state index contributed by atoms with van der Waals surface area (Å²) in [5.74, 6) is 0.435. The van der Waals surface area contributed by atoms with Crippen LogP contribution in [0.3, 0.4) is 0 Å². The van der Waals surface area contributed by atoms with Crippen LogP contribution < -0.4 is 11.2 Å². The fourth-order valence-electron chi connectivity index (χ4n) is 0.667. The second-order valence-corrected chi connectivity index (χ2v) is 2.03. The number of nitrogens with two attached hydrogens (primary N) is 1. The molecule has 5 nitrogen and oxygen atoms in total. The number of aromatic nitrogens is 1. The second-order valence-electron chi connectivity index (χ2n) is 2.03. The number of nitrogen functional groups attached to an aromatic ring is 1. The molecule has 4 N–H and O–H groups in total. The maximum atomic E-state index is 6.66. The molecule has 1 heterocycles. The van der Waals surface area contributed by atoms with Crippen LogP contribution in [0.1, 0.15) is 0 Å². The van der Waals surface area contributed by atoms with E-state index in [9.17, 15) is 0 Å². The van der Waals surface area contributed by atoms with Gasteiger partial charge >= 0.3 is 0 Å². The summed E-state index contributed by atoms with van der Waals surface area (Å²) in [6, 6.07) is 3.39. The van der Waals surface area contributed by atoms with Crippen molar-refractivity contribution < 1.29 is 0 Å². The lowest BCUT2D eigenvalue weighted by molar-refractivity contribution is 1.29. The summed E-state index contributed by atoms with van der Waals surface area (Å²) >= 11 is 0. The third kappa shape index (κ3) is 2.37. The summed E-state index contributed by atoms with van der Waals surface area (Å²) in [7, 11) is 0. The van der Waals surface area contributed by atoms with Crippen LogP contribution in [0.4, 0.5) is 11.5 Å². The quantitative estimate of drug-likeness (QED) is 0.453. The largest absolute Gasteiger partial charge is 0.384 e. The topological polar surface area (TPSA) is 87.2 Å².